The van der Waals surface area contributed by atoms with Gasteiger partial charge in [0.25, 0.3) is 0 Å². The fraction of sp³-hybridized carbons (Fsp3) is 0. The van der Waals surface area contributed by atoms with Crippen LogP contribution in [0.4, 0.5) is 5.00 Å². The van der Waals surface area contributed by atoms with Gasteiger partial charge in [-0.2, -0.15) is 0 Å². The quantitative estimate of drug-likeness (QED) is 0.785. The van der Waals surface area contributed by atoms with Crippen LogP contribution in [-0.4, -0.2) is 11.0 Å². The van der Waals surface area contributed by atoms with Crippen LogP contribution in [0, 0.1) is 0 Å². The van der Waals surface area contributed by atoms with Crippen LogP contribution < -0.4 is 10.5 Å². The molecule has 2 aromatic heterocycles. The number of anilines is 1. The molecule has 0 amide bonds. The van der Waals surface area contributed by atoms with Gasteiger partial charge in [0, 0.05) is 6.20 Å². The first-order valence-corrected chi connectivity index (χ1v) is 5.10. The lowest BCUT2D eigenvalue weighted by molar-refractivity contribution is 0.0736. The van der Waals surface area contributed by atoms with Crippen LogP contribution in [0.5, 0.6) is 5.75 Å². The van der Waals surface area contributed by atoms with Crippen molar-refractivity contribution in [3.63, 3.8) is 0 Å². The molecule has 2 heterocycles. The smallest absolute Gasteiger partial charge is 0.346 e. The highest BCUT2D eigenvalue weighted by atomic mass is 32.1. The summed E-state index contributed by atoms with van der Waals surface area (Å²) in [7, 11) is 0. The lowest BCUT2D eigenvalue weighted by atomic mass is 10.3. The monoisotopic (exact) mass is 220 g/mol. The third kappa shape index (κ3) is 2.13. The number of hydrogen-bond donors (Lipinski definition) is 1. The first-order chi connectivity index (χ1) is 7.27. The van der Waals surface area contributed by atoms with Gasteiger partial charge in [-0.3, -0.25) is 4.98 Å². The van der Waals surface area contributed by atoms with Crippen molar-refractivity contribution in [2.75, 3.05) is 5.73 Å². The van der Waals surface area contributed by atoms with E-state index in [0.717, 1.165) is 0 Å². The van der Waals surface area contributed by atoms with Gasteiger partial charge in [0.15, 0.2) is 0 Å². The summed E-state index contributed by atoms with van der Waals surface area (Å²) < 4.78 is 5.06. The molecule has 0 aromatic carbocycles. The van der Waals surface area contributed by atoms with Crippen molar-refractivity contribution in [1.82, 2.24) is 4.98 Å². The molecule has 0 unspecified atom stereocenters. The Bertz CT molecular complexity index is 467. The van der Waals surface area contributed by atoms with Gasteiger partial charge in [0.05, 0.1) is 11.8 Å². The van der Waals surface area contributed by atoms with Gasteiger partial charge in [0.1, 0.15) is 10.8 Å². The number of nitrogens with two attached hydrogens (primary N) is 1. The second kappa shape index (κ2) is 4.10. The third-order valence-corrected chi connectivity index (χ3v) is 2.51. The Morgan fingerprint density at radius 2 is 2.33 bits per heavy atom. The van der Waals surface area contributed by atoms with E-state index in [-0.39, 0.29) is 0 Å². The second-order valence-electron chi connectivity index (χ2n) is 2.78. The maximum Gasteiger partial charge on any atom is 0.346 e. The fourth-order valence-corrected chi connectivity index (χ4v) is 1.69. The molecule has 0 fully saturated rings. The van der Waals surface area contributed by atoms with Crippen LogP contribution >= 0.6 is 11.3 Å². The summed E-state index contributed by atoms with van der Waals surface area (Å²) in [6.45, 7) is 0. The van der Waals surface area contributed by atoms with Crippen molar-refractivity contribution < 1.29 is 9.53 Å². The minimum atomic E-state index is -0.457. The number of ether oxygens (including phenoxy) is 1. The number of pyridine rings is 1. The van der Waals surface area contributed by atoms with Gasteiger partial charge < -0.3 is 10.5 Å². The summed E-state index contributed by atoms with van der Waals surface area (Å²) in [5.41, 5.74) is 5.99. The Balaban J connectivity index is 2.15. The van der Waals surface area contributed by atoms with Crippen molar-refractivity contribution in [1.29, 1.82) is 0 Å². The largest absolute Gasteiger partial charge is 0.421 e. The van der Waals surface area contributed by atoms with Crippen LogP contribution in [0.15, 0.2) is 36.0 Å². The highest BCUT2D eigenvalue weighted by molar-refractivity contribution is 7.14. The highest BCUT2D eigenvalue weighted by Gasteiger charge is 2.12. The maximum atomic E-state index is 11.6. The highest BCUT2D eigenvalue weighted by Crippen LogP contribution is 2.20. The van der Waals surface area contributed by atoms with E-state index < -0.39 is 5.97 Å². The predicted molar refractivity (Wildman–Crippen MR) is 57.9 cm³/mol. The molecule has 2 N–H and O–H groups in total. The lowest BCUT2D eigenvalue weighted by Gasteiger charge is -2.01. The van der Waals surface area contributed by atoms with Gasteiger partial charge in [0.2, 0.25) is 0 Å². The minimum absolute atomic E-state index is 0.392. The van der Waals surface area contributed by atoms with E-state index >= 15 is 0 Å². The van der Waals surface area contributed by atoms with E-state index in [4.69, 9.17) is 10.5 Å². The fourth-order valence-electron chi connectivity index (χ4n) is 1.06. The number of esters is 1. The molecule has 0 aliphatic rings. The number of hydrogen-bond acceptors (Lipinski definition) is 5. The van der Waals surface area contributed by atoms with Gasteiger partial charge in [-0.25, -0.2) is 4.79 Å². The number of rotatable bonds is 2. The van der Waals surface area contributed by atoms with E-state index in [1.807, 2.05) is 0 Å². The molecular weight excluding hydrogens is 212 g/mol. The summed E-state index contributed by atoms with van der Waals surface area (Å²) in [6, 6.07) is 4.99. The molecule has 0 aliphatic carbocycles. The van der Waals surface area contributed by atoms with Crippen molar-refractivity contribution in [3.05, 3.63) is 41.5 Å². The van der Waals surface area contributed by atoms with Gasteiger partial charge >= 0.3 is 5.97 Å². The van der Waals surface area contributed by atoms with E-state index in [0.29, 0.717) is 16.3 Å². The molecular formula is C10H8N2O2S. The number of carbonyl (C=O) groups is 1. The molecule has 0 saturated heterocycles. The lowest BCUT2D eigenvalue weighted by Crippen LogP contribution is -2.09. The molecule has 0 bridgehead atoms. The van der Waals surface area contributed by atoms with Crippen LogP contribution in [0.1, 0.15) is 10.4 Å². The second-order valence-corrected chi connectivity index (χ2v) is 3.72. The number of nitrogens with zero attached hydrogens (tertiary/aromatic N) is 1. The van der Waals surface area contributed by atoms with Crippen molar-refractivity contribution in [2.24, 2.45) is 0 Å². The normalized spacial score (nSPS) is 9.87. The maximum absolute atomic E-state index is 11.6. The van der Waals surface area contributed by atoms with Crippen LogP contribution in [0.25, 0.3) is 0 Å². The van der Waals surface area contributed by atoms with Gasteiger partial charge in [-0.05, 0) is 23.6 Å². The van der Waals surface area contributed by atoms with Crippen LogP contribution in [-0.2, 0) is 0 Å². The molecule has 0 saturated carbocycles. The Labute approximate surface area is 90.3 Å². The molecule has 2 rings (SSSR count). The molecule has 4 nitrogen and oxygen atoms in total. The Morgan fingerprint density at radius 3 is 2.93 bits per heavy atom. The van der Waals surface area contributed by atoms with E-state index in [1.165, 1.54) is 17.5 Å². The Kier molecular flexibility index (Phi) is 2.64. The first-order valence-electron chi connectivity index (χ1n) is 4.22. The number of aromatic nitrogens is 1. The van der Waals surface area contributed by atoms with Gasteiger partial charge in [-0.15, -0.1) is 11.3 Å². The zero-order chi connectivity index (χ0) is 10.7. The van der Waals surface area contributed by atoms with E-state index in [9.17, 15) is 4.79 Å². The standard InChI is InChI=1S/C10H8N2O2S/c11-9-8(3-5-15-9)10(13)14-7-2-1-4-12-6-7/h1-6H,11H2. The average molecular weight is 220 g/mol. The zero-order valence-corrected chi connectivity index (χ0v) is 8.53. The predicted octanol–water partition coefficient (Wildman–Crippen LogP) is 1.94. The SMILES string of the molecule is Nc1sccc1C(=O)Oc1cccnc1. The number of carbonyl (C=O) groups excluding carboxylic acids is 1. The summed E-state index contributed by atoms with van der Waals surface area (Å²) in [5, 5.41) is 2.21. The molecule has 0 atom stereocenters. The molecule has 76 valence electrons. The third-order valence-electron chi connectivity index (χ3n) is 1.76. The molecule has 0 aliphatic heterocycles. The minimum Gasteiger partial charge on any atom is -0.421 e. The molecule has 2 aromatic rings. The summed E-state index contributed by atoms with van der Waals surface area (Å²) in [6.07, 6.45) is 3.08. The summed E-state index contributed by atoms with van der Waals surface area (Å²) in [5.74, 6) is -0.0464. The number of thiophene rings is 1. The molecule has 5 heteroatoms. The topological polar surface area (TPSA) is 65.2 Å². The number of nitrogen functional groups attached to an aromatic ring is 1. The first kappa shape index (κ1) is 9.67. The Morgan fingerprint density at radius 1 is 1.47 bits per heavy atom. The average Bonchev–Trinajstić information content (AvgIpc) is 2.66. The van der Waals surface area contributed by atoms with Crippen LogP contribution in [0.3, 0.4) is 0 Å². The molecule has 0 radical (unpaired) electrons. The molecule has 0 spiro atoms. The summed E-state index contributed by atoms with van der Waals surface area (Å²) in [4.78, 5) is 15.4. The zero-order valence-electron chi connectivity index (χ0n) is 7.71. The van der Waals surface area contributed by atoms with Crippen molar-refractivity contribution in [2.45, 2.75) is 0 Å². The van der Waals surface area contributed by atoms with Gasteiger partial charge in [-0.1, -0.05) is 0 Å². The van der Waals surface area contributed by atoms with Crippen LogP contribution in [0.2, 0.25) is 0 Å². The van der Waals surface area contributed by atoms with E-state index in [2.05, 4.69) is 4.98 Å². The van der Waals surface area contributed by atoms with Crippen molar-refractivity contribution in [3.8, 4) is 5.75 Å². The molecule has 15 heavy (non-hydrogen) atoms. The Hall–Kier alpha value is -1.88. The van der Waals surface area contributed by atoms with Crippen molar-refractivity contribution >= 4 is 22.3 Å². The summed E-state index contributed by atoms with van der Waals surface area (Å²) >= 11 is 1.30. The van der Waals surface area contributed by atoms with E-state index in [1.54, 1.807) is 29.8 Å².